The van der Waals surface area contributed by atoms with Gasteiger partial charge in [-0.25, -0.2) is 0 Å². The molecule has 0 aliphatic carbocycles. The molecule has 0 aliphatic heterocycles. The van der Waals surface area contributed by atoms with Gasteiger partial charge in [0.15, 0.2) is 0 Å². The van der Waals surface area contributed by atoms with Crippen LogP contribution in [0.3, 0.4) is 0 Å². The van der Waals surface area contributed by atoms with Crippen molar-refractivity contribution in [2.75, 3.05) is 0 Å². The minimum absolute atomic E-state index is 0.387. The summed E-state index contributed by atoms with van der Waals surface area (Å²) in [6.45, 7) is 4.27. The maximum atomic E-state index is 10.8. The predicted octanol–water partition coefficient (Wildman–Crippen LogP) is 1.78. The van der Waals surface area contributed by atoms with Gasteiger partial charge in [0.2, 0.25) is 5.91 Å². The lowest BCUT2D eigenvalue weighted by molar-refractivity contribution is 0.1000. The van der Waals surface area contributed by atoms with E-state index in [1.165, 1.54) is 0 Å². The van der Waals surface area contributed by atoms with Gasteiger partial charge in [-0.3, -0.25) is 4.79 Å². The number of carbonyl (C=O) groups excluding carboxylic acids is 1. The Balaban J connectivity index is 2.85. The van der Waals surface area contributed by atoms with E-state index >= 15 is 0 Å². The molecule has 0 aliphatic rings. The average Bonchev–Trinajstić information content (AvgIpc) is 2.03. The van der Waals surface area contributed by atoms with Crippen LogP contribution in [0.2, 0.25) is 0 Å². The molecule has 1 aromatic carbocycles. The first-order valence-corrected chi connectivity index (χ1v) is 4.39. The number of benzene rings is 1. The monoisotopic (exact) mass is 176 g/mol. The molecule has 0 unspecified atom stereocenters. The summed E-state index contributed by atoms with van der Waals surface area (Å²) in [7, 11) is 0. The van der Waals surface area contributed by atoms with Crippen LogP contribution in [-0.2, 0) is 6.42 Å². The number of primary amides is 1. The Morgan fingerprint density at radius 2 is 2.23 bits per heavy atom. The molecular formula is C11H14NO. The molecule has 1 aromatic rings. The molecule has 0 fully saturated rings. The quantitative estimate of drug-likeness (QED) is 0.749. The largest absolute Gasteiger partial charge is 0.366 e. The first-order chi connectivity index (χ1) is 6.09. The van der Waals surface area contributed by atoms with Crippen LogP contribution in [0.4, 0.5) is 0 Å². The minimum Gasteiger partial charge on any atom is -0.366 e. The van der Waals surface area contributed by atoms with E-state index in [2.05, 4.69) is 19.9 Å². The van der Waals surface area contributed by atoms with E-state index in [1.54, 1.807) is 6.07 Å². The Hall–Kier alpha value is -1.31. The van der Waals surface area contributed by atoms with E-state index in [4.69, 9.17) is 5.73 Å². The van der Waals surface area contributed by atoms with E-state index in [1.807, 2.05) is 12.1 Å². The number of rotatable bonds is 3. The number of hydrogen-bond acceptors (Lipinski definition) is 1. The van der Waals surface area contributed by atoms with Crippen molar-refractivity contribution in [1.82, 2.24) is 0 Å². The number of hydrogen-bond donors (Lipinski definition) is 1. The molecule has 0 aromatic heterocycles. The van der Waals surface area contributed by atoms with Crippen LogP contribution in [-0.4, -0.2) is 5.91 Å². The number of carbonyl (C=O) groups is 1. The van der Waals surface area contributed by atoms with Gasteiger partial charge >= 0.3 is 0 Å². The van der Waals surface area contributed by atoms with Crippen molar-refractivity contribution in [3.63, 3.8) is 0 Å². The molecule has 0 saturated carbocycles. The molecule has 0 spiro atoms. The fourth-order valence-electron chi connectivity index (χ4n) is 1.25. The Labute approximate surface area is 78.8 Å². The molecule has 69 valence electrons. The third-order valence-electron chi connectivity index (χ3n) is 1.78. The number of nitrogens with two attached hydrogens (primary N) is 1. The zero-order valence-electron chi connectivity index (χ0n) is 8.00. The molecule has 0 atom stereocenters. The molecule has 2 heteroatoms. The first kappa shape index (κ1) is 9.78. The van der Waals surface area contributed by atoms with Gasteiger partial charge in [0.1, 0.15) is 0 Å². The highest BCUT2D eigenvalue weighted by molar-refractivity contribution is 5.92. The fourth-order valence-corrected chi connectivity index (χ4v) is 1.25. The summed E-state index contributed by atoms with van der Waals surface area (Å²) in [5.74, 6) is 0.193. The van der Waals surface area contributed by atoms with E-state index < -0.39 is 0 Å². The van der Waals surface area contributed by atoms with Crippen LogP contribution in [0.5, 0.6) is 0 Å². The second-order valence-electron chi connectivity index (χ2n) is 3.59. The topological polar surface area (TPSA) is 43.1 Å². The molecule has 13 heavy (non-hydrogen) atoms. The van der Waals surface area contributed by atoms with Crippen molar-refractivity contribution >= 4 is 5.91 Å². The van der Waals surface area contributed by atoms with Crippen LogP contribution in [0.15, 0.2) is 18.2 Å². The molecule has 0 saturated heterocycles. The van der Waals surface area contributed by atoms with Crippen molar-refractivity contribution in [2.45, 2.75) is 20.3 Å². The summed E-state index contributed by atoms with van der Waals surface area (Å²) in [5.41, 5.74) is 6.81. The number of amides is 1. The smallest absolute Gasteiger partial charge is 0.248 e. The molecule has 2 nitrogen and oxygen atoms in total. The van der Waals surface area contributed by atoms with Crippen LogP contribution >= 0.6 is 0 Å². The molecule has 0 heterocycles. The van der Waals surface area contributed by atoms with Gasteiger partial charge in [-0.05, 0) is 36.1 Å². The van der Waals surface area contributed by atoms with Crippen molar-refractivity contribution in [2.24, 2.45) is 11.7 Å². The van der Waals surface area contributed by atoms with Crippen molar-refractivity contribution in [3.8, 4) is 0 Å². The van der Waals surface area contributed by atoms with Crippen LogP contribution in [0.1, 0.15) is 29.8 Å². The standard InChI is InChI=1S/C11H14NO/c1-8(2)6-9-4-3-5-10(7-9)11(12)13/h4-5,7-8H,6H2,1-2H3,(H2,12,13). The SMILES string of the molecule is CC(C)Cc1c[c]cc(C(N)=O)c1. The summed E-state index contributed by atoms with van der Waals surface area (Å²) >= 11 is 0. The molecule has 2 N–H and O–H groups in total. The maximum Gasteiger partial charge on any atom is 0.248 e. The fraction of sp³-hybridized carbons (Fsp3) is 0.364. The van der Waals surface area contributed by atoms with E-state index in [0.29, 0.717) is 11.5 Å². The molecule has 1 rings (SSSR count). The van der Waals surface area contributed by atoms with Crippen LogP contribution in [0.25, 0.3) is 0 Å². The van der Waals surface area contributed by atoms with Gasteiger partial charge < -0.3 is 5.73 Å². The summed E-state index contributed by atoms with van der Waals surface area (Å²) in [5, 5.41) is 0. The van der Waals surface area contributed by atoms with Crippen molar-refractivity contribution < 1.29 is 4.79 Å². The molecular weight excluding hydrogens is 162 g/mol. The minimum atomic E-state index is -0.387. The van der Waals surface area contributed by atoms with Crippen molar-refractivity contribution in [1.29, 1.82) is 0 Å². The summed E-state index contributed by atoms with van der Waals surface area (Å²) in [4.78, 5) is 10.8. The Morgan fingerprint density at radius 1 is 1.54 bits per heavy atom. The normalized spacial score (nSPS) is 10.4. The molecule has 1 amide bonds. The third-order valence-corrected chi connectivity index (χ3v) is 1.78. The van der Waals surface area contributed by atoms with E-state index in [-0.39, 0.29) is 5.91 Å². The van der Waals surface area contributed by atoms with E-state index in [9.17, 15) is 4.79 Å². The maximum absolute atomic E-state index is 10.8. The van der Waals surface area contributed by atoms with Gasteiger partial charge in [-0.15, -0.1) is 0 Å². The predicted molar refractivity (Wildman–Crippen MR) is 52.3 cm³/mol. The third kappa shape index (κ3) is 2.90. The zero-order chi connectivity index (χ0) is 9.84. The van der Waals surface area contributed by atoms with Gasteiger partial charge in [0.25, 0.3) is 0 Å². The highest BCUT2D eigenvalue weighted by atomic mass is 16.1. The molecule has 1 radical (unpaired) electrons. The van der Waals surface area contributed by atoms with Gasteiger partial charge in [0.05, 0.1) is 0 Å². The Morgan fingerprint density at radius 3 is 2.77 bits per heavy atom. The lowest BCUT2D eigenvalue weighted by Gasteiger charge is -2.05. The highest BCUT2D eigenvalue weighted by Gasteiger charge is 2.02. The second kappa shape index (κ2) is 4.08. The first-order valence-electron chi connectivity index (χ1n) is 4.39. The molecule has 0 bridgehead atoms. The van der Waals surface area contributed by atoms with Gasteiger partial charge in [0, 0.05) is 5.56 Å². The summed E-state index contributed by atoms with van der Waals surface area (Å²) < 4.78 is 0. The van der Waals surface area contributed by atoms with Gasteiger partial charge in [-0.2, -0.15) is 0 Å². The second-order valence-corrected chi connectivity index (χ2v) is 3.59. The lowest BCUT2D eigenvalue weighted by atomic mass is 10.0. The Kier molecular flexibility index (Phi) is 3.07. The zero-order valence-corrected chi connectivity index (χ0v) is 8.00. The van der Waals surface area contributed by atoms with Crippen LogP contribution < -0.4 is 5.73 Å². The van der Waals surface area contributed by atoms with Crippen molar-refractivity contribution in [3.05, 3.63) is 35.4 Å². The highest BCUT2D eigenvalue weighted by Crippen LogP contribution is 2.09. The summed E-state index contributed by atoms with van der Waals surface area (Å²) in [6.07, 6.45) is 0.956. The summed E-state index contributed by atoms with van der Waals surface area (Å²) in [6, 6.07) is 8.26. The lowest BCUT2D eigenvalue weighted by Crippen LogP contribution is -2.11. The van der Waals surface area contributed by atoms with E-state index in [0.717, 1.165) is 12.0 Å². The van der Waals surface area contributed by atoms with Gasteiger partial charge in [-0.1, -0.05) is 19.9 Å². The Bertz CT molecular complexity index is 305. The average molecular weight is 176 g/mol. The van der Waals surface area contributed by atoms with Crippen LogP contribution in [0, 0.1) is 12.0 Å².